The fourth-order valence-electron chi connectivity index (χ4n) is 2.22. The number of benzene rings is 1. The van der Waals surface area contributed by atoms with Gasteiger partial charge in [-0.3, -0.25) is 19.4 Å². The molecule has 0 unspecified atom stereocenters. The van der Waals surface area contributed by atoms with Crippen molar-refractivity contribution in [2.24, 2.45) is 5.92 Å². The summed E-state index contributed by atoms with van der Waals surface area (Å²) in [6.45, 7) is 4.32. The molecule has 4 amide bonds. The maximum atomic E-state index is 12.8. The molecule has 0 aliphatic carbocycles. The average molecular weight is 322 g/mol. The van der Waals surface area contributed by atoms with E-state index in [1.165, 1.54) is 24.3 Å². The monoisotopic (exact) mass is 322 g/mol. The van der Waals surface area contributed by atoms with Crippen molar-refractivity contribution in [3.05, 3.63) is 30.1 Å². The van der Waals surface area contributed by atoms with E-state index < -0.39 is 17.8 Å². The van der Waals surface area contributed by atoms with E-state index in [1.54, 1.807) is 0 Å². The van der Waals surface area contributed by atoms with Crippen LogP contribution in [0.4, 0.5) is 9.18 Å². The molecule has 0 atom stereocenters. The van der Waals surface area contributed by atoms with Gasteiger partial charge < -0.3 is 4.74 Å². The van der Waals surface area contributed by atoms with E-state index in [-0.39, 0.29) is 31.4 Å². The summed E-state index contributed by atoms with van der Waals surface area (Å²) in [6, 6.07) is 4.98. The first-order chi connectivity index (χ1) is 10.9. The van der Waals surface area contributed by atoms with Gasteiger partial charge in [0, 0.05) is 13.1 Å². The minimum Gasteiger partial charge on any atom is -0.494 e. The summed E-state index contributed by atoms with van der Waals surface area (Å²) >= 11 is 0. The number of nitrogens with zero attached hydrogens (tertiary/aromatic N) is 2. The van der Waals surface area contributed by atoms with Crippen LogP contribution in [0.25, 0.3) is 0 Å². The molecule has 124 valence electrons. The summed E-state index contributed by atoms with van der Waals surface area (Å²) in [5.41, 5.74) is 0. The third-order valence-corrected chi connectivity index (χ3v) is 3.29. The number of carbonyl (C=O) groups excluding carboxylic acids is 3. The Morgan fingerprint density at radius 2 is 1.65 bits per heavy atom. The lowest BCUT2D eigenvalue weighted by molar-refractivity contribution is -0.143. The van der Waals surface area contributed by atoms with Crippen molar-refractivity contribution >= 4 is 17.8 Å². The Balaban J connectivity index is 1.83. The molecule has 1 fully saturated rings. The van der Waals surface area contributed by atoms with Gasteiger partial charge in [-0.05, 0) is 36.6 Å². The molecule has 0 spiro atoms. The standard InChI is InChI=1S/C16H19FN2O4/c1-11(2)10-19-15(21)14(20)18(16(19)22)8-3-9-23-13-6-4-12(17)5-7-13/h4-7,11H,3,8-10H2,1-2H3. The second-order valence-electron chi connectivity index (χ2n) is 5.70. The Bertz CT molecular complexity index is 601. The number of imide groups is 2. The highest BCUT2D eigenvalue weighted by molar-refractivity contribution is 6.44. The van der Waals surface area contributed by atoms with Crippen LogP contribution in [0.3, 0.4) is 0 Å². The van der Waals surface area contributed by atoms with Crippen molar-refractivity contribution in [3.8, 4) is 5.75 Å². The van der Waals surface area contributed by atoms with Crippen molar-refractivity contribution in [3.63, 3.8) is 0 Å². The summed E-state index contributed by atoms with van der Waals surface area (Å²) in [4.78, 5) is 37.6. The van der Waals surface area contributed by atoms with Crippen LogP contribution in [0, 0.1) is 11.7 Å². The summed E-state index contributed by atoms with van der Waals surface area (Å²) in [7, 11) is 0. The Labute approximate surface area is 133 Å². The van der Waals surface area contributed by atoms with Gasteiger partial charge in [0.25, 0.3) is 0 Å². The Kier molecular flexibility index (Phi) is 5.31. The lowest BCUT2D eigenvalue weighted by Crippen LogP contribution is -2.36. The zero-order valence-corrected chi connectivity index (χ0v) is 13.1. The molecule has 1 aromatic rings. The minimum atomic E-state index is -0.794. The van der Waals surface area contributed by atoms with E-state index in [9.17, 15) is 18.8 Å². The van der Waals surface area contributed by atoms with E-state index in [0.717, 1.165) is 9.80 Å². The van der Waals surface area contributed by atoms with Crippen molar-refractivity contribution < 1.29 is 23.5 Å². The van der Waals surface area contributed by atoms with E-state index >= 15 is 0 Å². The lowest BCUT2D eigenvalue weighted by Gasteiger charge is -2.17. The van der Waals surface area contributed by atoms with E-state index in [4.69, 9.17) is 4.74 Å². The van der Waals surface area contributed by atoms with Gasteiger partial charge in [0.15, 0.2) is 0 Å². The van der Waals surface area contributed by atoms with Gasteiger partial charge in [0.05, 0.1) is 6.61 Å². The molecule has 0 aromatic heterocycles. The first-order valence-corrected chi connectivity index (χ1v) is 7.46. The third-order valence-electron chi connectivity index (χ3n) is 3.29. The maximum Gasteiger partial charge on any atom is 0.334 e. The van der Waals surface area contributed by atoms with Crippen molar-refractivity contribution in [2.75, 3.05) is 19.7 Å². The maximum absolute atomic E-state index is 12.8. The second kappa shape index (κ2) is 7.21. The average Bonchev–Trinajstić information content (AvgIpc) is 2.70. The van der Waals surface area contributed by atoms with Crippen LogP contribution < -0.4 is 4.74 Å². The molecule has 6 nitrogen and oxygen atoms in total. The number of amides is 4. The summed E-state index contributed by atoms with van der Waals surface area (Å²) in [5, 5.41) is 0. The molecule has 2 rings (SSSR count). The predicted octanol–water partition coefficient (Wildman–Crippen LogP) is 2.04. The van der Waals surface area contributed by atoms with Gasteiger partial charge in [-0.1, -0.05) is 13.8 Å². The smallest absolute Gasteiger partial charge is 0.334 e. The molecular formula is C16H19FN2O4. The minimum absolute atomic E-state index is 0.0949. The largest absolute Gasteiger partial charge is 0.494 e. The molecule has 23 heavy (non-hydrogen) atoms. The first kappa shape index (κ1) is 16.9. The highest BCUT2D eigenvalue weighted by Crippen LogP contribution is 2.15. The highest BCUT2D eigenvalue weighted by atomic mass is 19.1. The molecule has 1 aromatic carbocycles. The van der Waals surface area contributed by atoms with Crippen molar-refractivity contribution in [1.82, 2.24) is 9.80 Å². The van der Waals surface area contributed by atoms with Gasteiger partial charge in [-0.25, -0.2) is 9.18 Å². The predicted molar refractivity (Wildman–Crippen MR) is 80.2 cm³/mol. The Hall–Kier alpha value is -2.44. The Morgan fingerprint density at radius 1 is 1.04 bits per heavy atom. The van der Waals surface area contributed by atoms with Crippen LogP contribution in [-0.2, 0) is 9.59 Å². The fraction of sp³-hybridized carbons (Fsp3) is 0.438. The number of rotatable bonds is 7. The fourth-order valence-corrected chi connectivity index (χ4v) is 2.22. The van der Waals surface area contributed by atoms with E-state index in [1.807, 2.05) is 13.8 Å². The van der Waals surface area contributed by atoms with Gasteiger partial charge in [-0.2, -0.15) is 0 Å². The van der Waals surface area contributed by atoms with Crippen LogP contribution in [0.15, 0.2) is 24.3 Å². The number of halogens is 1. The molecule has 1 aliphatic heterocycles. The highest BCUT2D eigenvalue weighted by Gasteiger charge is 2.43. The topological polar surface area (TPSA) is 66.9 Å². The molecule has 0 bridgehead atoms. The van der Waals surface area contributed by atoms with Crippen LogP contribution >= 0.6 is 0 Å². The number of carbonyl (C=O) groups is 3. The van der Waals surface area contributed by atoms with E-state index in [0.29, 0.717) is 12.2 Å². The van der Waals surface area contributed by atoms with Crippen LogP contribution in [0.1, 0.15) is 20.3 Å². The van der Waals surface area contributed by atoms with E-state index in [2.05, 4.69) is 0 Å². The zero-order chi connectivity index (χ0) is 17.0. The molecule has 1 heterocycles. The van der Waals surface area contributed by atoms with Crippen LogP contribution in [0.5, 0.6) is 5.75 Å². The Morgan fingerprint density at radius 3 is 2.26 bits per heavy atom. The number of hydrogen-bond acceptors (Lipinski definition) is 4. The molecule has 0 radical (unpaired) electrons. The zero-order valence-electron chi connectivity index (χ0n) is 13.1. The number of urea groups is 1. The van der Waals surface area contributed by atoms with Crippen molar-refractivity contribution in [2.45, 2.75) is 20.3 Å². The van der Waals surface area contributed by atoms with Gasteiger partial charge >= 0.3 is 17.8 Å². The molecule has 1 saturated heterocycles. The molecular weight excluding hydrogens is 303 g/mol. The first-order valence-electron chi connectivity index (χ1n) is 7.46. The second-order valence-corrected chi connectivity index (χ2v) is 5.70. The summed E-state index contributed by atoms with van der Waals surface area (Å²) in [6.07, 6.45) is 0.387. The lowest BCUT2D eigenvalue weighted by atomic mass is 10.2. The van der Waals surface area contributed by atoms with Crippen LogP contribution in [-0.4, -0.2) is 47.3 Å². The summed E-state index contributed by atoms with van der Waals surface area (Å²) < 4.78 is 18.2. The summed E-state index contributed by atoms with van der Waals surface area (Å²) in [5.74, 6) is -1.32. The molecule has 7 heteroatoms. The van der Waals surface area contributed by atoms with Crippen LogP contribution in [0.2, 0.25) is 0 Å². The number of hydrogen-bond donors (Lipinski definition) is 0. The number of ether oxygens (including phenoxy) is 1. The molecule has 1 aliphatic rings. The van der Waals surface area contributed by atoms with Gasteiger partial charge in [-0.15, -0.1) is 0 Å². The van der Waals surface area contributed by atoms with Gasteiger partial charge in [0.2, 0.25) is 0 Å². The normalized spacial score (nSPS) is 15.0. The van der Waals surface area contributed by atoms with Gasteiger partial charge in [0.1, 0.15) is 11.6 Å². The molecule has 0 N–H and O–H groups in total. The third kappa shape index (κ3) is 4.06. The van der Waals surface area contributed by atoms with Crippen molar-refractivity contribution in [1.29, 1.82) is 0 Å². The molecule has 0 saturated carbocycles. The SMILES string of the molecule is CC(C)CN1C(=O)C(=O)N(CCCOc2ccc(F)cc2)C1=O. The quantitative estimate of drug-likeness (QED) is 0.438.